The molecule has 0 spiro atoms. The van der Waals surface area contributed by atoms with Crippen molar-refractivity contribution in [3.8, 4) is 11.8 Å². The molecule has 0 atom stereocenters. The lowest BCUT2D eigenvalue weighted by Crippen LogP contribution is -2.42. The summed E-state index contributed by atoms with van der Waals surface area (Å²) in [5.74, 6) is 0.731. The number of piperidine rings is 1. The second kappa shape index (κ2) is 11.9. The fourth-order valence-corrected chi connectivity index (χ4v) is 4.82. The molecule has 1 aromatic carbocycles. The molecule has 0 radical (unpaired) electrons. The third-order valence-corrected chi connectivity index (χ3v) is 7.07. The summed E-state index contributed by atoms with van der Waals surface area (Å²) in [6, 6.07) is 10.9. The molecule has 194 valence electrons. The Kier molecular flexibility index (Phi) is 7.98. The molecule has 1 aliphatic rings. The van der Waals surface area contributed by atoms with Crippen LogP contribution in [0.5, 0.6) is 5.75 Å². The van der Waals surface area contributed by atoms with Gasteiger partial charge in [0, 0.05) is 59.5 Å². The zero-order valence-corrected chi connectivity index (χ0v) is 21.9. The molecule has 3 N–H and O–H groups in total. The first kappa shape index (κ1) is 25.5. The van der Waals surface area contributed by atoms with Gasteiger partial charge in [0.15, 0.2) is 0 Å². The summed E-state index contributed by atoms with van der Waals surface area (Å²) in [7, 11) is 2.17. The molecule has 38 heavy (non-hydrogen) atoms. The van der Waals surface area contributed by atoms with Crippen molar-refractivity contribution in [2.75, 3.05) is 38.6 Å². The van der Waals surface area contributed by atoms with Crippen molar-refractivity contribution in [1.82, 2.24) is 25.2 Å². The van der Waals surface area contributed by atoms with Gasteiger partial charge >= 0.3 is 0 Å². The van der Waals surface area contributed by atoms with Crippen molar-refractivity contribution >= 4 is 34.4 Å². The summed E-state index contributed by atoms with van der Waals surface area (Å²) >= 11 is 0. The van der Waals surface area contributed by atoms with Crippen molar-refractivity contribution in [2.45, 2.75) is 25.8 Å². The number of pyridine rings is 2. The molecule has 8 heteroatoms. The van der Waals surface area contributed by atoms with Crippen molar-refractivity contribution < 1.29 is 4.74 Å². The highest BCUT2D eigenvalue weighted by Crippen LogP contribution is 2.31. The zero-order valence-electron chi connectivity index (χ0n) is 21.9. The third kappa shape index (κ3) is 6.02. The number of aromatic amines is 1. The average molecular weight is 508 g/mol. The van der Waals surface area contributed by atoms with Crippen LogP contribution in [0.25, 0.3) is 23.1 Å². The van der Waals surface area contributed by atoms with E-state index in [9.17, 15) is 5.26 Å². The Labute approximate surface area is 223 Å². The van der Waals surface area contributed by atoms with Gasteiger partial charge in [0.05, 0.1) is 17.4 Å². The number of hydrogen-bond donors (Lipinski definition) is 3. The largest absolute Gasteiger partial charge is 0.491 e. The fraction of sp³-hybridized carbons (Fsp3) is 0.300. The van der Waals surface area contributed by atoms with E-state index in [0.29, 0.717) is 18.2 Å². The summed E-state index contributed by atoms with van der Waals surface area (Å²) in [5, 5.41) is 18.0. The topological polar surface area (TPSA) is 102 Å². The van der Waals surface area contributed by atoms with Crippen molar-refractivity contribution in [2.24, 2.45) is 0 Å². The van der Waals surface area contributed by atoms with Gasteiger partial charge in [-0.25, -0.2) is 0 Å². The molecular formula is C30H33N7O. The Morgan fingerprint density at radius 3 is 2.82 bits per heavy atom. The van der Waals surface area contributed by atoms with Crippen LogP contribution in [0.2, 0.25) is 0 Å². The van der Waals surface area contributed by atoms with Crippen LogP contribution in [0.15, 0.2) is 55.2 Å². The minimum Gasteiger partial charge on any atom is -0.491 e. The van der Waals surface area contributed by atoms with Crippen LogP contribution < -0.4 is 15.4 Å². The molecule has 8 nitrogen and oxygen atoms in total. The first-order valence-electron chi connectivity index (χ1n) is 13.0. The SMILES string of the molecule is Cc1c(Nc2c(C#N)cncc2C=Cc2cncc(OCCNC3CCN(C)CC3)c2)ccc2[nH]ccc12. The van der Waals surface area contributed by atoms with Crippen LogP contribution in [0.4, 0.5) is 11.4 Å². The smallest absolute Gasteiger partial charge is 0.138 e. The number of ether oxygens (including phenoxy) is 1. The average Bonchev–Trinajstić information content (AvgIpc) is 3.43. The highest BCUT2D eigenvalue weighted by Gasteiger charge is 2.15. The van der Waals surface area contributed by atoms with E-state index in [1.807, 2.05) is 36.5 Å². The number of nitrogens with one attached hydrogen (secondary N) is 3. The van der Waals surface area contributed by atoms with Crippen LogP contribution in [-0.2, 0) is 0 Å². The molecule has 1 aliphatic heterocycles. The van der Waals surface area contributed by atoms with E-state index >= 15 is 0 Å². The molecule has 0 amide bonds. The summed E-state index contributed by atoms with van der Waals surface area (Å²) in [6.07, 6.45) is 15.1. The second-order valence-electron chi connectivity index (χ2n) is 9.73. The van der Waals surface area contributed by atoms with Gasteiger partial charge in [-0.15, -0.1) is 0 Å². The standard InChI is InChI=1S/C30H33N7O/c1-21-27-7-10-35-29(27)6-5-28(21)36-30-23(18-33-19-24(30)16-31)4-3-22-15-26(20-32-17-22)38-14-11-34-25-8-12-37(2)13-9-25/h3-7,10,15,17-20,25,34-35H,8-9,11-14H2,1-2H3,(H,33,36). The Bertz CT molecular complexity index is 1460. The minimum atomic E-state index is 0.480. The first-order chi connectivity index (χ1) is 18.6. The highest BCUT2D eigenvalue weighted by molar-refractivity contribution is 5.90. The number of likely N-dealkylation sites (tertiary alicyclic amines) is 1. The molecule has 4 aromatic rings. The Morgan fingerprint density at radius 2 is 1.97 bits per heavy atom. The van der Waals surface area contributed by atoms with E-state index in [-0.39, 0.29) is 0 Å². The number of hydrogen-bond acceptors (Lipinski definition) is 7. The lowest BCUT2D eigenvalue weighted by Gasteiger charge is -2.29. The molecule has 3 aromatic heterocycles. The van der Waals surface area contributed by atoms with E-state index in [4.69, 9.17) is 4.74 Å². The normalized spacial score (nSPS) is 14.7. The van der Waals surface area contributed by atoms with Gasteiger partial charge in [0.2, 0.25) is 0 Å². The van der Waals surface area contributed by atoms with Crippen LogP contribution in [0.3, 0.4) is 0 Å². The minimum absolute atomic E-state index is 0.480. The molecule has 5 rings (SSSR count). The number of nitrogens with zero attached hydrogens (tertiary/aromatic N) is 4. The zero-order chi connectivity index (χ0) is 26.3. The molecule has 0 aliphatic carbocycles. The number of benzene rings is 1. The molecule has 1 fully saturated rings. The highest BCUT2D eigenvalue weighted by atomic mass is 16.5. The fourth-order valence-electron chi connectivity index (χ4n) is 4.82. The van der Waals surface area contributed by atoms with Crippen LogP contribution in [-0.4, -0.2) is 59.2 Å². The predicted octanol–water partition coefficient (Wildman–Crippen LogP) is 5.11. The number of aryl methyl sites for hydroxylation is 1. The van der Waals surface area contributed by atoms with Crippen LogP contribution in [0.1, 0.15) is 35.1 Å². The van der Waals surface area contributed by atoms with Crippen LogP contribution >= 0.6 is 0 Å². The van der Waals surface area contributed by atoms with E-state index in [1.165, 1.54) is 12.8 Å². The van der Waals surface area contributed by atoms with Gasteiger partial charge in [-0.05, 0) is 75.3 Å². The predicted molar refractivity (Wildman–Crippen MR) is 152 cm³/mol. The van der Waals surface area contributed by atoms with E-state index < -0.39 is 0 Å². The van der Waals surface area contributed by atoms with Gasteiger partial charge < -0.3 is 25.3 Å². The quantitative estimate of drug-likeness (QED) is 0.271. The maximum atomic E-state index is 9.76. The summed E-state index contributed by atoms with van der Waals surface area (Å²) in [6.45, 7) is 5.76. The number of nitriles is 1. The molecule has 4 heterocycles. The Morgan fingerprint density at radius 1 is 1.13 bits per heavy atom. The number of aromatic nitrogens is 3. The molecule has 0 saturated carbocycles. The van der Waals surface area contributed by atoms with Crippen LogP contribution in [0, 0.1) is 18.3 Å². The van der Waals surface area contributed by atoms with E-state index in [0.717, 1.165) is 64.4 Å². The van der Waals surface area contributed by atoms with Gasteiger partial charge in [-0.3, -0.25) is 9.97 Å². The molecule has 1 saturated heterocycles. The van der Waals surface area contributed by atoms with Crippen molar-refractivity contribution in [1.29, 1.82) is 5.26 Å². The maximum Gasteiger partial charge on any atom is 0.138 e. The number of anilines is 2. The number of rotatable bonds is 9. The summed E-state index contributed by atoms with van der Waals surface area (Å²) in [4.78, 5) is 14.2. The van der Waals surface area contributed by atoms with Gasteiger partial charge in [-0.2, -0.15) is 5.26 Å². The maximum absolute atomic E-state index is 9.76. The van der Waals surface area contributed by atoms with E-state index in [2.05, 4.69) is 56.6 Å². The molecule has 0 bridgehead atoms. The van der Waals surface area contributed by atoms with Gasteiger partial charge in [0.1, 0.15) is 18.4 Å². The third-order valence-electron chi connectivity index (χ3n) is 7.07. The lowest BCUT2D eigenvalue weighted by atomic mass is 10.1. The monoisotopic (exact) mass is 507 g/mol. The summed E-state index contributed by atoms with van der Waals surface area (Å²) in [5.41, 5.74) is 6.05. The van der Waals surface area contributed by atoms with Gasteiger partial charge in [-0.1, -0.05) is 12.2 Å². The summed E-state index contributed by atoms with van der Waals surface area (Å²) < 4.78 is 5.95. The molecule has 0 unspecified atom stereocenters. The van der Waals surface area contributed by atoms with Gasteiger partial charge in [0.25, 0.3) is 0 Å². The number of H-pyrrole nitrogens is 1. The second-order valence-corrected chi connectivity index (χ2v) is 9.73. The lowest BCUT2D eigenvalue weighted by molar-refractivity contribution is 0.224. The molecular weight excluding hydrogens is 474 g/mol. The first-order valence-corrected chi connectivity index (χ1v) is 13.0. The number of fused-ring (bicyclic) bond motifs is 1. The Balaban J connectivity index is 1.26. The Hall–Kier alpha value is -4.19. The van der Waals surface area contributed by atoms with E-state index in [1.54, 1.807) is 24.8 Å². The van der Waals surface area contributed by atoms with Crippen molar-refractivity contribution in [3.05, 3.63) is 77.5 Å². The van der Waals surface area contributed by atoms with Crippen molar-refractivity contribution in [3.63, 3.8) is 0 Å².